The monoisotopic (exact) mass is 311 g/mol. The van der Waals surface area contributed by atoms with E-state index in [9.17, 15) is 14.4 Å². The number of hydrogen-bond donors (Lipinski definition) is 1. The fourth-order valence-electron chi connectivity index (χ4n) is 2.20. The summed E-state index contributed by atoms with van der Waals surface area (Å²) in [5, 5.41) is 0. The second-order valence-electron chi connectivity index (χ2n) is 4.71. The van der Waals surface area contributed by atoms with Gasteiger partial charge in [0.15, 0.2) is 11.9 Å². The van der Waals surface area contributed by atoms with Crippen molar-refractivity contribution in [3.05, 3.63) is 22.7 Å². The van der Waals surface area contributed by atoms with Gasteiger partial charge in [-0.25, -0.2) is 4.79 Å². The Morgan fingerprint density at radius 3 is 2.90 bits per heavy atom. The number of Topliss-reactive ketones (excluding diaryl/α,β-unsaturated/α-hetero) is 1. The minimum Gasteiger partial charge on any atom is -0.451 e. The molecule has 112 valence electrons. The zero-order valence-electron chi connectivity index (χ0n) is 10.9. The molecule has 1 aromatic rings. The molecule has 3 unspecified atom stereocenters. The summed E-state index contributed by atoms with van der Waals surface area (Å²) in [6, 6.07) is 1.49. The Hall–Kier alpha value is -1.87. The molecule has 2 N–H and O–H groups in total. The molecule has 9 heteroatoms. The van der Waals surface area contributed by atoms with Crippen LogP contribution in [0.4, 0.5) is 5.82 Å². The molecule has 2 aliphatic rings. The molecule has 0 aliphatic carbocycles. The lowest BCUT2D eigenvalue weighted by Gasteiger charge is -2.25. The molecule has 0 amide bonds. The molecular formula is C12H13N3O5S. The van der Waals surface area contributed by atoms with Gasteiger partial charge in [0.1, 0.15) is 17.5 Å². The van der Waals surface area contributed by atoms with Gasteiger partial charge >= 0.3 is 11.7 Å². The fraction of sp³-hybridized carbons (Fsp3) is 0.500. The van der Waals surface area contributed by atoms with Gasteiger partial charge in [-0.15, -0.1) is 11.8 Å². The van der Waals surface area contributed by atoms with Crippen LogP contribution in [0.1, 0.15) is 19.1 Å². The SMILES string of the molecule is Nc1ccn(C2CSC(C3OC(=O)CCC3=O)O2)c(=O)n1. The van der Waals surface area contributed by atoms with Gasteiger partial charge in [0.25, 0.3) is 0 Å². The molecule has 2 saturated heterocycles. The van der Waals surface area contributed by atoms with Crippen LogP contribution in [-0.2, 0) is 19.1 Å². The number of rotatable bonds is 2. The molecule has 1 aromatic heterocycles. The van der Waals surface area contributed by atoms with Crippen molar-refractivity contribution < 1.29 is 19.1 Å². The summed E-state index contributed by atoms with van der Waals surface area (Å²) in [5.74, 6) is 0.0289. The van der Waals surface area contributed by atoms with E-state index in [1.54, 1.807) is 0 Å². The Labute approximate surface area is 123 Å². The number of thioether (sulfide) groups is 1. The van der Waals surface area contributed by atoms with Crippen LogP contribution in [0.15, 0.2) is 17.1 Å². The van der Waals surface area contributed by atoms with Gasteiger partial charge < -0.3 is 15.2 Å². The minimum absolute atomic E-state index is 0.109. The van der Waals surface area contributed by atoms with Gasteiger partial charge in [-0.3, -0.25) is 14.2 Å². The number of ether oxygens (including phenoxy) is 2. The minimum atomic E-state index is -0.904. The highest BCUT2D eigenvalue weighted by molar-refractivity contribution is 8.00. The molecule has 0 spiro atoms. The highest BCUT2D eigenvalue weighted by Gasteiger charge is 2.41. The molecular weight excluding hydrogens is 298 g/mol. The third kappa shape index (κ3) is 2.79. The number of esters is 1. The number of nitrogens with two attached hydrogens (primary N) is 1. The number of cyclic esters (lactones) is 1. The number of nitrogens with zero attached hydrogens (tertiary/aromatic N) is 2. The third-order valence-corrected chi connectivity index (χ3v) is 4.42. The highest BCUT2D eigenvalue weighted by Crippen LogP contribution is 2.35. The average molecular weight is 311 g/mol. The van der Waals surface area contributed by atoms with Crippen LogP contribution in [0.2, 0.25) is 0 Å². The lowest BCUT2D eigenvalue weighted by atomic mass is 10.1. The molecule has 2 fully saturated rings. The van der Waals surface area contributed by atoms with Crippen LogP contribution in [-0.4, -0.2) is 38.6 Å². The molecule has 3 atom stereocenters. The fourth-order valence-corrected chi connectivity index (χ4v) is 3.38. The van der Waals surface area contributed by atoms with E-state index in [2.05, 4.69) is 4.98 Å². The van der Waals surface area contributed by atoms with Crippen LogP contribution >= 0.6 is 11.8 Å². The second kappa shape index (κ2) is 5.49. The van der Waals surface area contributed by atoms with Crippen LogP contribution in [0.25, 0.3) is 0 Å². The van der Waals surface area contributed by atoms with Gasteiger partial charge in [-0.05, 0) is 6.07 Å². The average Bonchev–Trinajstić information content (AvgIpc) is 2.91. The van der Waals surface area contributed by atoms with E-state index in [0.717, 1.165) is 0 Å². The Morgan fingerprint density at radius 2 is 2.14 bits per heavy atom. The summed E-state index contributed by atoms with van der Waals surface area (Å²) in [7, 11) is 0. The van der Waals surface area contributed by atoms with Crippen LogP contribution in [0, 0.1) is 0 Å². The Morgan fingerprint density at radius 1 is 1.33 bits per heavy atom. The van der Waals surface area contributed by atoms with Crippen molar-refractivity contribution in [2.24, 2.45) is 0 Å². The lowest BCUT2D eigenvalue weighted by molar-refractivity contribution is -0.168. The maximum absolute atomic E-state index is 11.8. The maximum Gasteiger partial charge on any atom is 0.351 e. The van der Waals surface area contributed by atoms with E-state index < -0.39 is 29.4 Å². The summed E-state index contributed by atoms with van der Waals surface area (Å²) in [5.41, 5.74) is 4.31. The number of carbonyl (C=O) groups is 2. The first-order valence-electron chi connectivity index (χ1n) is 6.38. The van der Waals surface area contributed by atoms with E-state index in [0.29, 0.717) is 5.75 Å². The quantitative estimate of drug-likeness (QED) is 0.740. The number of nitrogen functional groups attached to an aromatic ring is 1. The summed E-state index contributed by atoms with van der Waals surface area (Å²) in [6.45, 7) is 0. The number of hydrogen-bond acceptors (Lipinski definition) is 8. The van der Waals surface area contributed by atoms with Crippen LogP contribution < -0.4 is 11.4 Å². The molecule has 21 heavy (non-hydrogen) atoms. The van der Waals surface area contributed by atoms with Crippen molar-refractivity contribution >= 4 is 29.3 Å². The number of ketones is 1. The van der Waals surface area contributed by atoms with E-state index in [1.807, 2.05) is 0 Å². The zero-order chi connectivity index (χ0) is 15.0. The van der Waals surface area contributed by atoms with Gasteiger partial charge in [-0.1, -0.05) is 0 Å². The topological polar surface area (TPSA) is 114 Å². The molecule has 3 heterocycles. The van der Waals surface area contributed by atoms with Crippen LogP contribution in [0.3, 0.4) is 0 Å². The predicted molar refractivity (Wildman–Crippen MR) is 73.4 cm³/mol. The lowest BCUT2D eigenvalue weighted by Crippen LogP contribution is -2.41. The van der Waals surface area contributed by atoms with Gasteiger partial charge in [0, 0.05) is 18.4 Å². The first kappa shape index (κ1) is 14.1. The summed E-state index contributed by atoms with van der Waals surface area (Å²) in [4.78, 5) is 38.5. The van der Waals surface area contributed by atoms with E-state index in [-0.39, 0.29) is 24.4 Å². The highest BCUT2D eigenvalue weighted by atomic mass is 32.2. The molecule has 0 bridgehead atoms. The molecule has 0 aromatic carbocycles. The van der Waals surface area contributed by atoms with Crippen molar-refractivity contribution in [2.45, 2.75) is 30.6 Å². The smallest absolute Gasteiger partial charge is 0.351 e. The standard InChI is InChI=1S/C12H13N3O5S/c13-7-3-4-15(12(18)14-7)8-5-21-11(19-8)10-6(16)1-2-9(17)20-10/h3-4,8,10-11H,1-2,5H2,(H2,13,14,18). The summed E-state index contributed by atoms with van der Waals surface area (Å²) >= 11 is 1.33. The van der Waals surface area contributed by atoms with E-state index >= 15 is 0 Å². The molecule has 0 radical (unpaired) electrons. The van der Waals surface area contributed by atoms with Crippen molar-refractivity contribution in [1.82, 2.24) is 9.55 Å². The van der Waals surface area contributed by atoms with Crippen molar-refractivity contribution in [1.29, 1.82) is 0 Å². The largest absolute Gasteiger partial charge is 0.451 e. The van der Waals surface area contributed by atoms with Gasteiger partial charge in [0.05, 0.1) is 6.42 Å². The number of anilines is 1. The predicted octanol–water partition coefficient (Wildman–Crippen LogP) is -0.312. The molecule has 8 nitrogen and oxygen atoms in total. The molecule has 2 aliphatic heterocycles. The van der Waals surface area contributed by atoms with Crippen molar-refractivity contribution in [3.8, 4) is 0 Å². The summed E-state index contributed by atoms with van der Waals surface area (Å²) < 4.78 is 12.0. The van der Waals surface area contributed by atoms with Gasteiger partial charge in [0.2, 0.25) is 0 Å². The van der Waals surface area contributed by atoms with E-state index in [1.165, 1.54) is 28.6 Å². The number of carbonyl (C=O) groups excluding carboxylic acids is 2. The summed E-state index contributed by atoms with van der Waals surface area (Å²) in [6.07, 6.45) is 0.301. The first-order valence-corrected chi connectivity index (χ1v) is 7.43. The number of aromatic nitrogens is 2. The Balaban J connectivity index is 1.74. The normalized spacial score (nSPS) is 29.4. The Bertz CT molecular complexity index is 646. The first-order chi connectivity index (χ1) is 10.0. The van der Waals surface area contributed by atoms with E-state index in [4.69, 9.17) is 15.2 Å². The second-order valence-corrected chi connectivity index (χ2v) is 5.84. The molecule has 0 saturated carbocycles. The van der Waals surface area contributed by atoms with Crippen molar-refractivity contribution in [3.63, 3.8) is 0 Å². The van der Waals surface area contributed by atoms with Gasteiger partial charge in [-0.2, -0.15) is 4.98 Å². The van der Waals surface area contributed by atoms with Crippen LogP contribution in [0.5, 0.6) is 0 Å². The zero-order valence-corrected chi connectivity index (χ0v) is 11.7. The Kier molecular flexibility index (Phi) is 3.68. The molecule has 3 rings (SSSR count). The van der Waals surface area contributed by atoms with Crippen molar-refractivity contribution in [2.75, 3.05) is 11.5 Å². The maximum atomic E-state index is 11.8. The third-order valence-electron chi connectivity index (χ3n) is 3.25.